The molecule has 3 rings (SSSR count). The highest BCUT2D eigenvalue weighted by molar-refractivity contribution is 5.25. The van der Waals surface area contributed by atoms with Crippen molar-refractivity contribution in [3.63, 3.8) is 0 Å². The fourth-order valence-corrected chi connectivity index (χ4v) is 2.64. The smallest absolute Gasteiger partial charge is 0.0605 e. The quantitative estimate of drug-likeness (QED) is 0.899. The summed E-state index contributed by atoms with van der Waals surface area (Å²) in [6.07, 6.45) is 5.52. The van der Waals surface area contributed by atoms with Gasteiger partial charge in [-0.3, -0.25) is 4.98 Å². The molecule has 1 unspecified atom stereocenters. The summed E-state index contributed by atoms with van der Waals surface area (Å²) in [4.78, 5) is 4.55. The number of hydrogen-bond acceptors (Lipinski definition) is 2. The van der Waals surface area contributed by atoms with Gasteiger partial charge in [0.1, 0.15) is 0 Å². The van der Waals surface area contributed by atoms with Crippen molar-refractivity contribution in [1.29, 1.82) is 0 Å². The molecule has 0 fully saturated rings. The molecule has 0 aliphatic heterocycles. The van der Waals surface area contributed by atoms with Crippen molar-refractivity contribution < 1.29 is 0 Å². The first-order chi connectivity index (χ1) is 9.93. The van der Waals surface area contributed by atoms with E-state index in [1.807, 2.05) is 26.1 Å². The van der Waals surface area contributed by atoms with E-state index < -0.39 is 0 Å². The predicted octanol–water partition coefficient (Wildman–Crippen LogP) is 4.28. The highest BCUT2D eigenvalue weighted by Crippen LogP contribution is 2.27. The van der Waals surface area contributed by atoms with E-state index in [-0.39, 0.29) is 0 Å². The number of aromatic nitrogens is 1. The van der Waals surface area contributed by atoms with Crippen LogP contribution >= 0.6 is 0 Å². The van der Waals surface area contributed by atoms with Crippen molar-refractivity contribution >= 4 is 0 Å². The van der Waals surface area contributed by atoms with Gasteiger partial charge in [0.05, 0.1) is 11.7 Å². The zero-order valence-corrected chi connectivity index (χ0v) is 12.5. The summed E-state index contributed by atoms with van der Waals surface area (Å²) in [5.74, 6) is 0. The minimum absolute atomic E-state index is 0.412. The third-order valence-corrected chi connectivity index (χ3v) is 3.59. The average molecular weight is 268 g/mol. The molecule has 0 spiro atoms. The molecule has 20 heavy (non-hydrogen) atoms. The highest BCUT2D eigenvalue weighted by Gasteiger charge is 2.20. The normalized spacial score (nSPS) is 16.8. The standard InChI is InChI=1S/C16H18N2.C2H6/c1-2-6-13(7-3-1)12-18-15-10-4-8-14-9-5-11-17-16(14)15;1-2/h1-3,5-7,9,11,15,18H,4,8,10,12H2;1-2H3. The van der Waals surface area contributed by atoms with Crippen LogP contribution in [0.4, 0.5) is 0 Å². The lowest BCUT2D eigenvalue weighted by molar-refractivity contribution is 0.447. The molecule has 0 saturated heterocycles. The van der Waals surface area contributed by atoms with Crippen LogP contribution in [0.25, 0.3) is 0 Å². The van der Waals surface area contributed by atoms with Gasteiger partial charge in [-0.25, -0.2) is 0 Å². The minimum Gasteiger partial charge on any atom is -0.305 e. The SMILES string of the molecule is CC.c1ccc(CNC2CCCc3cccnc32)cc1. The van der Waals surface area contributed by atoms with Gasteiger partial charge in [0.2, 0.25) is 0 Å². The summed E-state index contributed by atoms with van der Waals surface area (Å²) in [5.41, 5.74) is 3.99. The Morgan fingerprint density at radius 2 is 1.90 bits per heavy atom. The summed E-state index contributed by atoms with van der Waals surface area (Å²) in [6, 6.07) is 15.2. The van der Waals surface area contributed by atoms with Crippen LogP contribution in [0, 0.1) is 0 Å². The largest absolute Gasteiger partial charge is 0.305 e. The van der Waals surface area contributed by atoms with Crippen LogP contribution in [0.5, 0.6) is 0 Å². The van der Waals surface area contributed by atoms with Crippen LogP contribution in [-0.2, 0) is 13.0 Å². The Labute approximate surface area is 122 Å². The number of nitrogens with one attached hydrogen (secondary N) is 1. The number of nitrogens with zero attached hydrogens (tertiary/aromatic N) is 1. The maximum Gasteiger partial charge on any atom is 0.0605 e. The van der Waals surface area contributed by atoms with E-state index in [0.717, 1.165) is 6.54 Å². The number of hydrogen-bond donors (Lipinski definition) is 1. The van der Waals surface area contributed by atoms with Crippen LogP contribution < -0.4 is 5.32 Å². The molecule has 1 heterocycles. The fourth-order valence-electron chi connectivity index (χ4n) is 2.64. The van der Waals surface area contributed by atoms with Gasteiger partial charge >= 0.3 is 0 Å². The summed E-state index contributed by atoms with van der Waals surface area (Å²) < 4.78 is 0. The maximum atomic E-state index is 4.55. The van der Waals surface area contributed by atoms with Gasteiger partial charge in [-0.15, -0.1) is 0 Å². The summed E-state index contributed by atoms with van der Waals surface area (Å²) in [7, 11) is 0. The molecule has 0 bridgehead atoms. The number of fused-ring (bicyclic) bond motifs is 1. The molecule has 1 aromatic heterocycles. The van der Waals surface area contributed by atoms with Crippen LogP contribution in [0.1, 0.15) is 49.6 Å². The molecule has 0 saturated carbocycles. The number of pyridine rings is 1. The van der Waals surface area contributed by atoms with E-state index in [1.165, 1.54) is 36.1 Å². The zero-order chi connectivity index (χ0) is 14.2. The van der Waals surface area contributed by atoms with Gasteiger partial charge in [0, 0.05) is 12.7 Å². The first-order valence-electron chi connectivity index (χ1n) is 7.64. The van der Waals surface area contributed by atoms with Crippen molar-refractivity contribution in [2.24, 2.45) is 0 Å². The average Bonchev–Trinajstić information content (AvgIpc) is 2.56. The molecule has 2 nitrogen and oxygen atoms in total. The molecule has 1 aliphatic carbocycles. The monoisotopic (exact) mass is 268 g/mol. The summed E-state index contributed by atoms with van der Waals surface area (Å²) in [5, 5.41) is 3.63. The number of benzene rings is 1. The Hall–Kier alpha value is -1.67. The van der Waals surface area contributed by atoms with Gasteiger partial charge in [-0.1, -0.05) is 50.2 Å². The number of aryl methyl sites for hydroxylation is 1. The van der Waals surface area contributed by atoms with Crippen molar-refractivity contribution in [3.8, 4) is 0 Å². The van der Waals surface area contributed by atoms with Crippen LogP contribution in [0.2, 0.25) is 0 Å². The third-order valence-electron chi connectivity index (χ3n) is 3.59. The van der Waals surface area contributed by atoms with Gasteiger partial charge in [-0.2, -0.15) is 0 Å². The van der Waals surface area contributed by atoms with E-state index in [0.29, 0.717) is 6.04 Å². The first-order valence-corrected chi connectivity index (χ1v) is 7.64. The van der Waals surface area contributed by atoms with E-state index in [9.17, 15) is 0 Å². The summed E-state index contributed by atoms with van der Waals surface area (Å²) in [6.45, 7) is 4.92. The highest BCUT2D eigenvalue weighted by atomic mass is 14.9. The second kappa shape index (κ2) is 7.81. The van der Waals surface area contributed by atoms with Gasteiger partial charge in [-0.05, 0) is 36.5 Å². The molecule has 1 N–H and O–H groups in total. The molecular weight excluding hydrogens is 244 g/mol. The molecule has 2 heteroatoms. The third kappa shape index (κ3) is 3.67. The maximum absolute atomic E-state index is 4.55. The second-order valence-corrected chi connectivity index (χ2v) is 4.86. The van der Waals surface area contributed by atoms with Gasteiger partial charge in [0.25, 0.3) is 0 Å². The zero-order valence-electron chi connectivity index (χ0n) is 12.5. The van der Waals surface area contributed by atoms with Crippen molar-refractivity contribution in [1.82, 2.24) is 10.3 Å². The Kier molecular flexibility index (Phi) is 5.75. The molecule has 2 aromatic rings. The Bertz CT molecular complexity index is 508. The van der Waals surface area contributed by atoms with Crippen LogP contribution in [-0.4, -0.2) is 4.98 Å². The molecule has 0 amide bonds. The molecule has 1 atom stereocenters. The molecule has 1 aromatic carbocycles. The van der Waals surface area contributed by atoms with Crippen molar-refractivity contribution in [2.75, 3.05) is 0 Å². The lowest BCUT2D eigenvalue weighted by Crippen LogP contribution is -2.25. The lowest BCUT2D eigenvalue weighted by atomic mass is 9.92. The van der Waals surface area contributed by atoms with Crippen LogP contribution in [0.15, 0.2) is 48.7 Å². The molecule has 106 valence electrons. The van der Waals surface area contributed by atoms with E-state index >= 15 is 0 Å². The fraction of sp³-hybridized carbons (Fsp3) is 0.389. The topological polar surface area (TPSA) is 24.9 Å². The molecular formula is C18H24N2. The Morgan fingerprint density at radius 1 is 1.10 bits per heavy atom. The van der Waals surface area contributed by atoms with Gasteiger partial charge in [0.15, 0.2) is 0 Å². The Balaban J connectivity index is 0.000000704. The van der Waals surface area contributed by atoms with Crippen molar-refractivity contribution in [3.05, 3.63) is 65.5 Å². The van der Waals surface area contributed by atoms with Crippen LogP contribution in [0.3, 0.4) is 0 Å². The van der Waals surface area contributed by atoms with Crippen molar-refractivity contribution in [2.45, 2.75) is 45.7 Å². The Morgan fingerprint density at radius 3 is 2.70 bits per heavy atom. The predicted molar refractivity (Wildman–Crippen MR) is 84.5 cm³/mol. The molecule has 0 radical (unpaired) electrons. The lowest BCUT2D eigenvalue weighted by Gasteiger charge is -2.25. The summed E-state index contributed by atoms with van der Waals surface area (Å²) >= 11 is 0. The molecule has 1 aliphatic rings. The second-order valence-electron chi connectivity index (χ2n) is 4.86. The minimum atomic E-state index is 0.412. The van der Waals surface area contributed by atoms with E-state index in [2.05, 4.69) is 46.7 Å². The number of rotatable bonds is 3. The first kappa shape index (κ1) is 14.7. The van der Waals surface area contributed by atoms with E-state index in [4.69, 9.17) is 0 Å². The van der Waals surface area contributed by atoms with E-state index in [1.54, 1.807) is 0 Å². The van der Waals surface area contributed by atoms with Gasteiger partial charge < -0.3 is 5.32 Å².